The predicted molar refractivity (Wildman–Crippen MR) is 76.7 cm³/mol. The Kier molecular flexibility index (Phi) is 6.83. The molecule has 3 nitrogen and oxygen atoms in total. The molecule has 100 valence electrons. The molecule has 0 fully saturated rings. The average molecular weight is 267 g/mol. The Labute approximate surface area is 113 Å². The van der Waals surface area contributed by atoms with Gasteiger partial charge in [0.05, 0.1) is 11.9 Å². The molecule has 0 heterocycles. The monoisotopic (exact) mass is 267 g/mol. The summed E-state index contributed by atoms with van der Waals surface area (Å²) in [7, 11) is 0. The van der Waals surface area contributed by atoms with E-state index in [2.05, 4.69) is 5.32 Å². The van der Waals surface area contributed by atoms with E-state index in [0.29, 0.717) is 6.54 Å². The standard InChI is InChI=1S/C14H21NO2S/c1-3-13(18-2)14(17)15-9-8-11-4-6-12(10-16)7-5-11/h4-7,13,16H,3,8-10H2,1-2H3,(H,15,17). The van der Waals surface area contributed by atoms with Crippen LogP contribution in [0.2, 0.25) is 0 Å². The lowest BCUT2D eigenvalue weighted by Crippen LogP contribution is -2.33. The fourth-order valence-electron chi connectivity index (χ4n) is 1.71. The van der Waals surface area contributed by atoms with E-state index in [-0.39, 0.29) is 17.8 Å². The molecule has 18 heavy (non-hydrogen) atoms. The van der Waals surface area contributed by atoms with Crippen LogP contribution in [0.1, 0.15) is 24.5 Å². The van der Waals surface area contributed by atoms with Crippen LogP contribution in [0.5, 0.6) is 0 Å². The van der Waals surface area contributed by atoms with Crippen molar-refractivity contribution in [1.82, 2.24) is 5.32 Å². The molecule has 0 bridgehead atoms. The minimum Gasteiger partial charge on any atom is -0.392 e. The zero-order valence-corrected chi connectivity index (χ0v) is 11.8. The van der Waals surface area contributed by atoms with Crippen molar-refractivity contribution in [3.05, 3.63) is 35.4 Å². The maximum absolute atomic E-state index is 11.7. The summed E-state index contributed by atoms with van der Waals surface area (Å²) in [6.45, 7) is 2.76. The number of rotatable bonds is 7. The van der Waals surface area contributed by atoms with Crippen molar-refractivity contribution in [1.29, 1.82) is 0 Å². The van der Waals surface area contributed by atoms with Crippen molar-refractivity contribution in [2.75, 3.05) is 12.8 Å². The lowest BCUT2D eigenvalue weighted by atomic mass is 10.1. The molecule has 1 atom stereocenters. The highest BCUT2D eigenvalue weighted by atomic mass is 32.2. The Morgan fingerprint density at radius 3 is 2.44 bits per heavy atom. The minimum atomic E-state index is 0.0572. The number of hydrogen-bond acceptors (Lipinski definition) is 3. The van der Waals surface area contributed by atoms with Gasteiger partial charge in [-0.2, -0.15) is 11.8 Å². The highest BCUT2D eigenvalue weighted by Gasteiger charge is 2.13. The molecule has 0 aliphatic rings. The normalized spacial score (nSPS) is 12.2. The van der Waals surface area contributed by atoms with E-state index in [9.17, 15) is 4.79 Å². The first kappa shape index (κ1) is 15.1. The summed E-state index contributed by atoms with van der Waals surface area (Å²) >= 11 is 1.59. The maximum atomic E-state index is 11.7. The number of amides is 1. The van der Waals surface area contributed by atoms with Gasteiger partial charge in [0.25, 0.3) is 0 Å². The molecule has 4 heteroatoms. The summed E-state index contributed by atoms with van der Waals surface area (Å²) in [6, 6.07) is 7.80. The molecule has 1 rings (SSSR count). The first-order valence-corrected chi connectivity index (χ1v) is 7.49. The maximum Gasteiger partial charge on any atom is 0.233 e. The highest BCUT2D eigenvalue weighted by molar-refractivity contribution is 7.99. The van der Waals surface area contributed by atoms with Crippen molar-refractivity contribution < 1.29 is 9.90 Å². The van der Waals surface area contributed by atoms with Gasteiger partial charge < -0.3 is 10.4 Å². The van der Waals surface area contributed by atoms with Gasteiger partial charge in [-0.3, -0.25) is 4.79 Å². The fraction of sp³-hybridized carbons (Fsp3) is 0.500. The third-order valence-corrected chi connectivity index (χ3v) is 3.98. The van der Waals surface area contributed by atoms with Crippen LogP contribution in [0.25, 0.3) is 0 Å². The summed E-state index contributed by atoms with van der Waals surface area (Å²) in [5.74, 6) is 0.122. The van der Waals surface area contributed by atoms with Gasteiger partial charge in [-0.15, -0.1) is 0 Å². The Balaban J connectivity index is 2.34. The number of benzene rings is 1. The quantitative estimate of drug-likeness (QED) is 0.794. The number of nitrogens with one attached hydrogen (secondary N) is 1. The molecule has 0 aromatic heterocycles. The molecular formula is C14H21NO2S. The Morgan fingerprint density at radius 2 is 1.94 bits per heavy atom. The van der Waals surface area contributed by atoms with Gasteiger partial charge in [-0.25, -0.2) is 0 Å². The van der Waals surface area contributed by atoms with E-state index < -0.39 is 0 Å². The summed E-state index contributed by atoms with van der Waals surface area (Å²) in [5.41, 5.74) is 2.08. The first-order valence-electron chi connectivity index (χ1n) is 6.20. The number of hydrogen-bond donors (Lipinski definition) is 2. The minimum absolute atomic E-state index is 0.0572. The van der Waals surface area contributed by atoms with Gasteiger partial charge in [0, 0.05) is 6.54 Å². The SMILES string of the molecule is CCC(SC)C(=O)NCCc1ccc(CO)cc1. The van der Waals surface area contributed by atoms with Crippen LogP contribution in [0, 0.1) is 0 Å². The van der Waals surface area contributed by atoms with Crippen molar-refractivity contribution in [3.63, 3.8) is 0 Å². The van der Waals surface area contributed by atoms with Crippen LogP contribution in [0.4, 0.5) is 0 Å². The molecule has 0 aliphatic heterocycles. The smallest absolute Gasteiger partial charge is 0.233 e. The van der Waals surface area contributed by atoms with E-state index in [1.54, 1.807) is 11.8 Å². The fourth-order valence-corrected chi connectivity index (χ4v) is 2.35. The molecule has 0 radical (unpaired) electrons. The van der Waals surface area contributed by atoms with E-state index in [1.165, 1.54) is 5.56 Å². The summed E-state index contributed by atoms with van der Waals surface area (Å²) in [4.78, 5) is 11.7. The van der Waals surface area contributed by atoms with Gasteiger partial charge in [0.2, 0.25) is 5.91 Å². The Morgan fingerprint density at radius 1 is 1.33 bits per heavy atom. The topological polar surface area (TPSA) is 49.3 Å². The highest BCUT2D eigenvalue weighted by Crippen LogP contribution is 2.10. The lowest BCUT2D eigenvalue weighted by molar-refractivity contribution is -0.120. The van der Waals surface area contributed by atoms with Crippen molar-refractivity contribution >= 4 is 17.7 Å². The van der Waals surface area contributed by atoms with Crippen LogP contribution in [0.3, 0.4) is 0 Å². The van der Waals surface area contributed by atoms with E-state index in [0.717, 1.165) is 18.4 Å². The molecule has 2 N–H and O–H groups in total. The van der Waals surface area contributed by atoms with Crippen LogP contribution in [-0.4, -0.2) is 29.1 Å². The van der Waals surface area contributed by atoms with Gasteiger partial charge in [0.1, 0.15) is 0 Å². The van der Waals surface area contributed by atoms with E-state index in [1.807, 2.05) is 37.4 Å². The summed E-state index contributed by atoms with van der Waals surface area (Å²) in [6.07, 6.45) is 3.64. The molecule has 1 aromatic rings. The Hall–Kier alpha value is -1.00. The number of carbonyl (C=O) groups is 1. The number of aliphatic hydroxyl groups excluding tert-OH is 1. The molecule has 0 saturated heterocycles. The van der Waals surface area contributed by atoms with Crippen LogP contribution >= 0.6 is 11.8 Å². The molecule has 0 saturated carbocycles. The third-order valence-electron chi connectivity index (χ3n) is 2.87. The van der Waals surface area contributed by atoms with Crippen molar-refractivity contribution in [3.8, 4) is 0 Å². The zero-order chi connectivity index (χ0) is 13.4. The number of thioether (sulfide) groups is 1. The molecule has 1 unspecified atom stereocenters. The number of aliphatic hydroxyl groups is 1. The van der Waals surface area contributed by atoms with Gasteiger partial charge in [-0.05, 0) is 30.2 Å². The zero-order valence-electron chi connectivity index (χ0n) is 11.0. The van der Waals surface area contributed by atoms with Gasteiger partial charge in [0.15, 0.2) is 0 Å². The second kappa shape index (κ2) is 8.16. The van der Waals surface area contributed by atoms with Crippen LogP contribution in [0.15, 0.2) is 24.3 Å². The van der Waals surface area contributed by atoms with Gasteiger partial charge >= 0.3 is 0 Å². The molecule has 1 aromatic carbocycles. The number of carbonyl (C=O) groups excluding carboxylic acids is 1. The lowest BCUT2D eigenvalue weighted by Gasteiger charge is -2.12. The molecule has 0 spiro atoms. The predicted octanol–water partition coefficient (Wildman–Crippen LogP) is 1.98. The average Bonchev–Trinajstić information content (AvgIpc) is 2.41. The van der Waals surface area contributed by atoms with E-state index in [4.69, 9.17) is 5.11 Å². The van der Waals surface area contributed by atoms with E-state index >= 15 is 0 Å². The largest absolute Gasteiger partial charge is 0.392 e. The Bertz CT molecular complexity index is 361. The van der Waals surface area contributed by atoms with Gasteiger partial charge in [-0.1, -0.05) is 31.2 Å². The summed E-state index contributed by atoms with van der Waals surface area (Å²) < 4.78 is 0. The molecular weight excluding hydrogens is 246 g/mol. The van der Waals surface area contributed by atoms with Crippen LogP contribution < -0.4 is 5.32 Å². The first-order chi connectivity index (χ1) is 8.71. The summed E-state index contributed by atoms with van der Waals surface area (Å²) in [5, 5.41) is 11.9. The molecule has 0 aliphatic carbocycles. The second-order valence-electron chi connectivity index (χ2n) is 4.15. The molecule has 1 amide bonds. The van der Waals surface area contributed by atoms with Crippen molar-refractivity contribution in [2.45, 2.75) is 31.6 Å². The van der Waals surface area contributed by atoms with Crippen molar-refractivity contribution in [2.24, 2.45) is 0 Å². The van der Waals surface area contributed by atoms with Crippen LogP contribution in [-0.2, 0) is 17.8 Å². The second-order valence-corrected chi connectivity index (χ2v) is 5.19. The third kappa shape index (κ3) is 4.70.